The summed E-state index contributed by atoms with van der Waals surface area (Å²) in [5, 5.41) is 12.2. The Labute approximate surface area is 103 Å². The van der Waals surface area contributed by atoms with Crippen LogP contribution in [0.25, 0.3) is 0 Å². The number of carbonyl (C=O) groups is 1. The van der Waals surface area contributed by atoms with Gasteiger partial charge in [0.05, 0.1) is 5.92 Å². The van der Waals surface area contributed by atoms with Crippen molar-refractivity contribution in [3.05, 3.63) is 28.2 Å². The molecular weight excluding hydrogens is 270 g/mol. The van der Waals surface area contributed by atoms with E-state index in [1.54, 1.807) is 0 Å². The predicted octanol–water partition coefficient (Wildman–Crippen LogP) is 3.03. The first-order valence-electron chi connectivity index (χ1n) is 5.33. The van der Waals surface area contributed by atoms with E-state index in [2.05, 4.69) is 21.2 Å². The van der Waals surface area contributed by atoms with Crippen molar-refractivity contribution >= 4 is 27.6 Å². The van der Waals surface area contributed by atoms with Crippen molar-refractivity contribution in [2.45, 2.75) is 25.8 Å². The van der Waals surface area contributed by atoms with Crippen molar-refractivity contribution in [3.8, 4) is 0 Å². The Morgan fingerprint density at radius 1 is 1.50 bits per heavy atom. The average molecular weight is 284 g/mol. The first-order chi connectivity index (χ1) is 7.58. The van der Waals surface area contributed by atoms with E-state index in [1.807, 2.05) is 25.1 Å². The molecule has 0 aliphatic heterocycles. The summed E-state index contributed by atoms with van der Waals surface area (Å²) in [5.74, 6) is -0.929. The molecule has 2 atom stereocenters. The maximum absolute atomic E-state index is 10.9. The van der Waals surface area contributed by atoms with Gasteiger partial charge < -0.3 is 10.4 Å². The van der Waals surface area contributed by atoms with Crippen LogP contribution in [-0.2, 0) is 4.79 Å². The number of benzene rings is 1. The lowest BCUT2D eigenvalue weighted by Crippen LogP contribution is -2.42. The molecule has 1 aromatic carbocycles. The second-order valence-electron chi connectivity index (χ2n) is 4.24. The van der Waals surface area contributed by atoms with Crippen molar-refractivity contribution < 1.29 is 9.90 Å². The smallest absolute Gasteiger partial charge is 0.308 e. The first kappa shape index (κ1) is 11.5. The molecule has 0 radical (unpaired) electrons. The minimum Gasteiger partial charge on any atom is -0.481 e. The molecule has 0 heterocycles. The topological polar surface area (TPSA) is 49.3 Å². The number of carboxylic acids is 1. The molecule has 1 fully saturated rings. The van der Waals surface area contributed by atoms with Gasteiger partial charge in [0, 0.05) is 16.2 Å². The molecule has 0 spiro atoms. The average Bonchev–Trinajstić information content (AvgIpc) is 2.17. The zero-order valence-electron chi connectivity index (χ0n) is 9.03. The highest BCUT2D eigenvalue weighted by atomic mass is 79.9. The molecule has 86 valence electrons. The number of hydrogen-bond acceptors (Lipinski definition) is 2. The fourth-order valence-corrected chi connectivity index (χ4v) is 2.16. The number of halogens is 1. The Kier molecular flexibility index (Phi) is 3.19. The highest BCUT2D eigenvalue weighted by molar-refractivity contribution is 9.10. The zero-order chi connectivity index (χ0) is 11.7. The largest absolute Gasteiger partial charge is 0.481 e. The maximum Gasteiger partial charge on any atom is 0.308 e. The monoisotopic (exact) mass is 283 g/mol. The lowest BCUT2D eigenvalue weighted by Gasteiger charge is -2.34. The van der Waals surface area contributed by atoms with Crippen molar-refractivity contribution in [2.24, 2.45) is 5.92 Å². The van der Waals surface area contributed by atoms with Crippen LogP contribution in [0.2, 0.25) is 0 Å². The third-order valence-corrected chi connectivity index (χ3v) is 3.99. The summed E-state index contributed by atoms with van der Waals surface area (Å²) in [6.07, 6.45) is 1.72. The molecule has 2 rings (SSSR count). The van der Waals surface area contributed by atoms with Crippen LogP contribution in [0.4, 0.5) is 5.69 Å². The van der Waals surface area contributed by atoms with Crippen LogP contribution in [-0.4, -0.2) is 17.1 Å². The molecular formula is C12H14BrNO2. The van der Waals surface area contributed by atoms with Crippen molar-refractivity contribution in [1.29, 1.82) is 0 Å². The molecule has 0 bridgehead atoms. The summed E-state index contributed by atoms with van der Waals surface area (Å²) in [4.78, 5) is 10.9. The molecule has 2 N–H and O–H groups in total. The van der Waals surface area contributed by atoms with E-state index in [1.165, 1.54) is 0 Å². The third-order valence-electron chi connectivity index (χ3n) is 3.10. The number of aryl methyl sites for hydroxylation is 1. The van der Waals surface area contributed by atoms with E-state index in [9.17, 15) is 4.79 Å². The number of anilines is 1. The van der Waals surface area contributed by atoms with E-state index < -0.39 is 5.97 Å². The van der Waals surface area contributed by atoms with Crippen LogP contribution >= 0.6 is 15.9 Å². The zero-order valence-corrected chi connectivity index (χ0v) is 10.6. The van der Waals surface area contributed by atoms with Gasteiger partial charge in [0.15, 0.2) is 0 Å². The van der Waals surface area contributed by atoms with Crippen molar-refractivity contribution in [3.63, 3.8) is 0 Å². The van der Waals surface area contributed by atoms with Crippen LogP contribution in [0.3, 0.4) is 0 Å². The fraction of sp³-hybridized carbons (Fsp3) is 0.417. The van der Waals surface area contributed by atoms with E-state index in [-0.39, 0.29) is 12.0 Å². The summed E-state index contributed by atoms with van der Waals surface area (Å²) in [6.45, 7) is 2.02. The Balaban J connectivity index is 2.04. The summed E-state index contributed by atoms with van der Waals surface area (Å²) in [7, 11) is 0. The minimum atomic E-state index is -0.697. The quantitative estimate of drug-likeness (QED) is 0.897. The van der Waals surface area contributed by atoms with Gasteiger partial charge in [0.1, 0.15) is 0 Å². The molecule has 16 heavy (non-hydrogen) atoms. The summed E-state index contributed by atoms with van der Waals surface area (Å²) < 4.78 is 1.07. The second kappa shape index (κ2) is 4.45. The van der Waals surface area contributed by atoms with E-state index in [0.29, 0.717) is 0 Å². The molecule has 3 nitrogen and oxygen atoms in total. The van der Waals surface area contributed by atoms with E-state index in [0.717, 1.165) is 28.6 Å². The maximum atomic E-state index is 10.9. The minimum absolute atomic E-state index is 0.0816. The normalized spacial score (nSPS) is 23.6. The number of carboxylic acid groups (broad SMARTS) is 1. The molecule has 2 unspecified atom stereocenters. The molecule has 0 aromatic heterocycles. The molecule has 0 amide bonds. The standard InChI is InChI=1S/C12H14BrNO2/c1-7-6-8(2-4-10(7)13)14-11-5-3-9(11)12(15)16/h2,4,6,9,11,14H,3,5H2,1H3,(H,15,16). The van der Waals surface area contributed by atoms with Crippen LogP contribution in [0.15, 0.2) is 22.7 Å². The molecule has 1 aromatic rings. The summed E-state index contributed by atoms with van der Waals surface area (Å²) in [5.41, 5.74) is 2.15. The molecule has 4 heteroatoms. The van der Waals surface area contributed by atoms with Crippen LogP contribution in [0.5, 0.6) is 0 Å². The second-order valence-corrected chi connectivity index (χ2v) is 5.09. The van der Waals surface area contributed by atoms with Crippen LogP contribution in [0.1, 0.15) is 18.4 Å². The highest BCUT2D eigenvalue weighted by Crippen LogP contribution is 2.31. The number of aliphatic carboxylic acids is 1. The first-order valence-corrected chi connectivity index (χ1v) is 6.12. The van der Waals surface area contributed by atoms with Crippen molar-refractivity contribution in [1.82, 2.24) is 0 Å². The molecule has 1 aliphatic carbocycles. The van der Waals surface area contributed by atoms with Gasteiger partial charge in [-0.05, 0) is 43.5 Å². The molecule has 1 aliphatic rings. The number of hydrogen-bond donors (Lipinski definition) is 2. The molecule has 1 saturated carbocycles. The SMILES string of the molecule is Cc1cc(NC2CCC2C(=O)O)ccc1Br. The van der Waals surface area contributed by atoms with Gasteiger partial charge in [-0.15, -0.1) is 0 Å². The van der Waals surface area contributed by atoms with Gasteiger partial charge in [-0.3, -0.25) is 4.79 Å². The van der Waals surface area contributed by atoms with E-state index in [4.69, 9.17) is 5.11 Å². The van der Waals surface area contributed by atoms with Gasteiger partial charge in [0.25, 0.3) is 0 Å². The van der Waals surface area contributed by atoms with Crippen molar-refractivity contribution in [2.75, 3.05) is 5.32 Å². The van der Waals surface area contributed by atoms with Gasteiger partial charge in [0.2, 0.25) is 0 Å². The third kappa shape index (κ3) is 2.21. The lowest BCUT2D eigenvalue weighted by atomic mass is 9.79. The van der Waals surface area contributed by atoms with Gasteiger partial charge in [-0.1, -0.05) is 15.9 Å². The van der Waals surface area contributed by atoms with E-state index >= 15 is 0 Å². The number of rotatable bonds is 3. The van der Waals surface area contributed by atoms with Gasteiger partial charge in [-0.2, -0.15) is 0 Å². The Hall–Kier alpha value is -1.03. The number of nitrogens with one attached hydrogen (secondary N) is 1. The van der Waals surface area contributed by atoms with Gasteiger partial charge >= 0.3 is 5.97 Å². The Bertz CT molecular complexity index is 419. The molecule has 0 saturated heterocycles. The highest BCUT2D eigenvalue weighted by Gasteiger charge is 2.36. The van der Waals surface area contributed by atoms with Crippen LogP contribution in [0, 0.1) is 12.8 Å². The summed E-state index contributed by atoms with van der Waals surface area (Å²) >= 11 is 3.44. The summed E-state index contributed by atoms with van der Waals surface area (Å²) in [6, 6.07) is 6.06. The predicted molar refractivity (Wildman–Crippen MR) is 66.6 cm³/mol. The van der Waals surface area contributed by atoms with Crippen LogP contribution < -0.4 is 5.32 Å². The lowest BCUT2D eigenvalue weighted by molar-refractivity contribution is -0.144. The fourth-order valence-electron chi connectivity index (χ4n) is 1.92. The Morgan fingerprint density at radius 3 is 2.75 bits per heavy atom. The van der Waals surface area contributed by atoms with Gasteiger partial charge in [-0.25, -0.2) is 0 Å². The Morgan fingerprint density at radius 2 is 2.25 bits per heavy atom.